The molecule has 90 valence electrons. The van der Waals surface area contributed by atoms with E-state index in [1.165, 1.54) is 0 Å². The van der Waals surface area contributed by atoms with Crippen molar-refractivity contribution >= 4 is 62.4 Å². The van der Waals surface area contributed by atoms with E-state index in [0.29, 0.717) is 0 Å². The number of hydrogen-bond donors (Lipinski definition) is 0. The van der Waals surface area contributed by atoms with Gasteiger partial charge in [0.2, 0.25) is 0 Å². The SMILES string of the molecule is CSc1nnc(SCc2ccc(Br)cc2Cl)s1. The molecule has 0 amide bonds. The third-order valence-electron chi connectivity index (χ3n) is 1.93. The predicted molar refractivity (Wildman–Crippen MR) is 80.4 cm³/mol. The van der Waals surface area contributed by atoms with Crippen LogP contribution >= 0.6 is 62.4 Å². The molecule has 0 bridgehead atoms. The van der Waals surface area contributed by atoms with Crippen molar-refractivity contribution in [3.8, 4) is 0 Å². The molecule has 0 radical (unpaired) electrons. The molecule has 0 saturated heterocycles. The van der Waals surface area contributed by atoms with Crippen LogP contribution in [-0.4, -0.2) is 16.5 Å². The quantitative estimate of drug-likeness (QED) is 0.713. The van der Waals surface area contributed by atoms with Crippen LogP contribution in [0.1, 0.15) is 5.56 Å². The summed E-state index contributed by atoms with van der Waals surface area (Å²) < 4.78 is 2.97. The third kappa shape index (κ3) is 3.86. The minimum absolute atomic E-state index is 0.779. The molecule has 0 saturated carbocycles. The molecule has 0 N–H and O–H groups in total. The fourth-order valence-corrected chi connectivity index (χ4v) is 4.38. The van der Waals surface area contributed by atoms with Crippen molar-refractivity contribution in [2.24, 2.45) is 0 Å². The van der Waals surface area contributed by atoms with Crippen LogP contribution in [-0.2, 0) is 5.75 Å². The summed E-state index contributed by atoms with van der Waals surface area (Å²) >= 11 is 14.4. The zero-order chi connectivity index (χ0) is 12.3. The number of thioether (sulfide) groups is 2. The van der Waals surface area contributed by atoms with E-state index in [1.807, 2.05) is 24.5 Å². The Balaban J connectivity index is 2.02. The molecule has 0 atom stereocenters. The summed E-state index contributed by atoms with van der Waals surface area (Å²) in [5.41, 5.74) is 1.11. The number of nitrogens with zero attached hydrogens (tertiary/aromatic N) is 2. The van der Waals surface area contributed by atoms with E-state index in [2.05, 4.69) is 26.1 Å². The van der Waals surface area contributed by atoms with Gasteiger partial charge < -0.3 is 0 Å². The monoisotopic (exact) mass is 366 g/mol. The third-order valence-corrected chi connectivity index (χ3v) is 5.85. The molecule has 0 aliphatic rings. The highest BCUT2D eigenvalue weighted by Crippen LogP contribution is 2.32. The normalized spacial score (nSPS) is 10.8. The molecule has 1 heterocycles. The van der Waals surface area contributed by atoms with Crippen molar-refractivity contribution in [2.45, 2.75) is 14.4 Å². The van der Waals surface area contributed by atoms with Gasteiger partial charge in [0.1, 0.15) is 0 Å². The first-order valence-electron chi connectivity index (χ1n) is 4.63. The second kappa shape index (κ2) is 6.43. The van der Waals surface area contributed by atoms with Gasteiger partial charge in [-0.1, -0.05) is 68.5 Å². The fourth-order valence-electron chi connectivity index (χ4n) is 1.12. The maximum absolute atomic E-state index is 6.15. The van der Waals surface area contributed by atoms with E-state index in [0.717, 1.165) is 29.5 Å². The van der Waals surface area contributed by atoms with Crippen LogP contribution in [0.5, 0.6) is 0 Å². The molecule has 2 rings (SSSR count). The lowest BCUT2D eigenvalue weighted by Crippen LogP contribution is -1.82. The summed E-state index contributed by atoms with van der Waals surface area (Å²) in [5, 5.41) is 8.94. The van der Waals surface area contributed by atoms with Gasteiger partial charge in [0.25, 0.3) is 0 Å². The number of halogens is 2. The van der Waals surface area contributed by atoms with Crippen LogP contribution in [0.2, 0.25) is 5.02 Å². The van der Waals surface area contributed by atoms with Crippen LogP contribution < -0.4 is 0 Å². The maximum atomic E-state index is 6.15. The van der Waals surface area contributed by atoms with Crippen molar-refractivity contribution in [3.05, 3.63) is 33.3 Å². The van der Waals surface area contributed by atoms with Crippen molar-refractivity contribution in [2.75, 3.05) is 6.26 Å². The molecule has 17 heavy (non-hydrogen) atoms. The lowest BCUT2D eigenvalue weighted by molar-refractivity contribution is 0.955. The van der Waals surface area contributed by atoms with Crippen LogP contribution in [0.25, 0.3) is 0 Å². The van der Waals surface area contributed by atoms with Gasteiger partial charge in [-0.3, -0.25) is 0 Å². The van der Waals surface area contributed by atoms with Gasteiger partial charge in [0.05, 0.1) is 0 Å². The van der Waals surface area contributed by atoms with Gasteiger partial charge >= 0.3 is 0 Å². The Morgan fingerprint density at radius 1 is 1.35 bits per heavy atom. The highest BCUT2D eigenvalue weighted by molar-refractivity contribution is 9.10. The highest BCUT2D eigenvalue weighted by atomic mass is 79.9. The average molecular weight is 368 g/mol. The first-order valence-corrected chi connectivity index (χ1v) is 8.83. The van der Waals surface area contributed by atoms with Crippen LogP contribution in [0.15, 0.2) is 31.4 Å². The van der Waals surface area contributed by atoms with Crippen LogP contribution in [0.3, 0.4) is 0 Å². The molecule has 2 aromatic rings. The first-order chi connectivity index (χ1) is 8.19. The van der Waals surface area contributed by atoms with E-state index >= 15 is 0 Å². The van der Waals surface area contributed by atoms with Gasteiger partial charge in [-0.2, -0.15) is 0 Å². The maximum Gasteiger partial charge on any atom is 0.175 e. The number of benzene rings is 1. The van der Waals surface area contributed by atoms with E-state index < -0.39 is 0 Å². The molecular weight excluding hydrogens is 360 g/mol. The lowest BCUT2D eigenvalue weighted by atomic mass is 10.2. The van der Waals surface area contributed by atoms with E-state index in [1.54, 1.807) is 34.9 Å². The Hall–Kier alpha value is 0.250. The summed E-state index contributed by atoms with van der Waals surface area (Å²) in [6.07, 6.45) is 2.00. The van der Waals surface area contributed by atoms with Gasteiger partial charge in [-0.05, 0) is 24.0 Å². The summed E-state index contributed by atoms with van der Waals surface area (Å²) in [4.78, 5) is 0. The van der Waals surface area contributed by atoms with Crippen molar-refractivity contribution in [3.63, 3.8) is 0 Å². The lowest BCUT2D eigenvalue weighted by Gasteiger charge is -2.02. The Morgan fingerprint density at radius 2 is 2.12 bits per heavy atom. The fraction of sp³-hybridized carbons (Fsp3) is 0.200. The molecule has 0 aliphatic carbocycles. The molecule has 0 unspecified atom stereocenters. The van der Waals surface area contributed by atoms with Crippen LogP contribution in [0, 0.1) is 0 Å². The second-order valence-corrected chi connectivity index (χ2v) is 7.64. The first kappa shape index (κ1) is 13.7. The summed E-state index contributed by atoms with van der Waals surface area (Å²) in [5.74, 6) is 0.815. The van der Waals surface area contributed by atoms with E-state index in [-0.39, 0.29) is 0 Å². The molecule has 1 aromatic carbocycles. The smallest absolute Gasteiger partial charge is 0.131 e. The molecule has 0 aliphatic heterocycles. The summed E-state index contributed by atoms with van der Waals surface area (Å²) in [6.45, 7) is 0. The van der Waals surface area contributed by atoms with Crippen LogP contribution in [0.4, 0.5) is 0 Å². The number of rotatable bonds is 4. The standard InChI is InChI=1S/C10H8BrClN2S3/c1-15-9-13-14-10(17-9)16-5-6-2-3-7(11)4-8(6)12/h2-4H,5H2,1H3. The molecule has 1 aromatic heterocycles. The van der Waals surface area contributed by atoms with Gasteiger partial charge in [-0.25, -0.2) is 0 Å². The zero-order valence-corrected chi connectivity index (χ0v) is 13.6. The molecule has 0 fully saturated rings. The largest absolute Gasteiger partial charge is 0.175 e. The molecule has 0 spiro atoms. The van der Waals surface area contributed by atoms with Crippen molar-refractivity contribution < 1.29 is 0 Å². The highest BCUT2D eigenvalue weighted by Gasteiger charge is 2.06. The summed E-state index contributed by atoms with van der Waals surface area (Å²) in [6, 6.07) is 5.93. The Kier molecular flexibility index (Phi) is 5.17. The minimum atomic E-state index is 0.779. The zero-order valence-electron chi connectivity index (χ0n) is 8.81. The number of hydrogen-bond acceptors (Lipinski definition) is 5. The molecule has 2 nitrogen and oxygen atoms in total. The topological polar surface area (TPSA) is 25.8 Å². The number of aromatic nitrogens is 2. The van der Waals surface area contributed by atoms with Crippen molar-refractivity contribution in [1.82, 2.24) is 10.2 Å². The van der Waals surface area contributed by atoms with E-state index in [9.17, 15) is 0 Å². The average Bonchev–Trinajstić information content (AvgIpc) is 2.76. The minimum Gasteiger partial charge on any atom is -0.131 e. The van der Waals surface area contributed by atoms with Gasteiger partial charge in [0.15, 0.2) is 8.68 Å². The molecular formula is C10H8BrClN2S3. The second-order valence-electron chi connectivity index (χ2n) is 3.06. The van der Waals surface area contributed by atoms with Gasteiger partial charge in [-0.15, -0.1) is 10.2 Å². The Morgan fingerprint density at radius 3 is 2.76 bits per heavy atom. The van der Waals surface area contributed by atoms with E-state index in [4.69, 9.17) is 11.6 Å². The summed E-state index contributed by atoms with van der Waals surface area (Å²) in [7, 11) is 0. The van der Waals surface area contributed by atoms with Crippen molar-refractivity contribution in [1.29, 1.82) is 0 Å². The van der Waals surface area contributed by atoms with Gasteiger partial charge in [0, 0.05) is 15.2 Å². The predicted octanol–water partition coefficient (Wildman–Crippen LogP) is 4.97. The Labute approximate surface area is 126 Å². The molecule has 7 heteroatoms. The Bertz CT molecular complexity index is 518.